The lowest BCUT2D eigenvalue weighted by atomic mass is 10.0. The zero-order valence-electron chi connectivity index (χ0n) is 11.4. The van der Waals surface area contributed by atoms with E-state index in [4.69, 9.17) is 37.8 Å². The Morgan fingerprint density at radius 2 is 2.15 bits per heavy atom. The molecule has 2 atom stereocenters. The minimum Gasteiger partial charge on any atom is -0.396 e. The maximum Gasteiger partial charge on any atom is 0.158 e. The molecule has 0 saturated carbocycles. The van der Waals surface area contributed by atoms with Crippen LogP contribution < -0.4 is 0 Å². The second-order valence-electron chi connectivity index (χ2n) is 4.96. The van der Waals surface area contributed by atoms with Crippen LogP contribution in [0.2, 0.25) is 10.0 Å². The minimum atomic E-state index is -0.165. The molecule has 0 aromatic heterocycles. The SMILES string of the molecule is OCCCC(OC1CCCCO1)c1ccc(Cl)c(Cl)c1. The van der Waals surface area contributed by atoms with Gasteiger partial charge in [0.2, 0.25) is 0 Å². The summed E-state index contributed by atoms with van der Waals surface area (Å²) in [5.74, 6) is 0. The van der Waals surface area contributed by atoms with Gasteiger partial charge in [-0.3, -0.25) is 0 Å². The second-order valence-corrected chi connectivity index (χ2v) is 5.77. The van der Waals surface area contributed by atoms with Gasteiger partial charge in [0.1, 0.15) is 0 Å². The molecule has 0 aliphatic carbocycles. The first-order valence-electron chi connectivity index (χ1n) is 7.03. The third-order valence-corrected chi connectivity index (χ3v) is 4.13. The van der Waals surface area contributed by atoms with E-state index in [2.05, 4.69) is 0 Å². The first-order valence-corrected chi connectivity index (χ1v) is 7.79. The maximum atomic E-state index is 9.03. The van der Waals surface area contributed by atoms with Crippen molar-refractivity contribution >= 4 is 23.2 Å². The molecular weight excluding hydrogens is 299 g/mol. The molecule has 0 bridgehead atoms. The Balaban J connectivity index is 2.06. The Morgan fingerprint density at radius 3 is 2.80 bits per heavy atom. The Labute approximate surface area is 129 Å². The van der Waals surface area contributed by atoms with E-state index in [0.29, 0.717) is 16.5 Å². The average Bonchev–Trinajstić information content (AvgIpc) is 2.47. The summed E-state index contributed by atoms with van der Waals surface area (Å²) in [4.78, 5) is 0. The summed E-state index contributed by atoms with van der Waals surface area (Å²) in [5.41, 5.74) is 0.974. The molecule has 2 unspecified atom stereocenters. The number of aliphatic hydroxyl groups excluding tert-OH is 1. The van der Waals surface area contributed by atoms with E-state index in [9.17, 15) is 0 Å². The van der Waals surface area contributed by atoms with Crippen LogP contribution in [0.5, 0.6) is 0 Å². The number of halogens is 2. The molecule has 1 N–H and O–H groups in total. The average molecular weight is 319 g/mol. The molecule has 1 saturated heterocycles. The summed E-state index contributed by atoms with van der Waals surface area (Å²) < 4.78 is 11.7. The van der Waals surface area contributed by atoms with E-state index in [1.165, 1.54) is 0 Å². The van der Waals surface area contributed by atoms with Crippen molar-refractivity contribution in [3.63, 3.8) is 0 Å². The molecule has 1 aromatic rings. The van der Waals surface area contributed by atoms with Crippen LogP contribution in [0.15, 0.2) is 18.2 Å². The lowest BCUT2D eigenvalue weighted by Gasteiger charge is -2.28. The lowest BCUT2D eigenvalue weighted by Crippen LogP contribution is -2.24. The Bertz CT molecular complexity index is 420. The molecule has 0 spiro atoms. The van der Waals surface area contributed by atoms with Crippen molar-refractivity contribution in [1.82, 2.24) is 0 Å². The predicted octanol–water partition coefficient (Wildman–Crippen LogP) is 4.35. The summed E-state index contributed by atoms with van der Waals surface area (Å²) in [5, 5.41) is 10.1. The van der Waals surface area contributed by atoms with E-state index < -0.39 is 0 Å². The Kier molecular flexibility index (Phi) is 6.59. The molecule has 112 valence electrons. The topological polar surface area (TPSA) is 38.7 Å². The standard InChI is InChI=1S/C15H20Cl2O3/c16-12-7-6-11(10-13(12)17)14(4-3-8-18)20-15-5-1-2-9-19-15/h6-7,10,14-15,18H,1-5,8-9H2. The van der Waals surface area contributed by atoms with E-state index in [-0.39, 0.29) is 19.0 Å². The first-order chi connectivity index (χ1) is 9.70. The van der Waals surface area contributed by atoms with Crippen LogP contribution in [0, 0.1) is 0 Å². The van der Waals surface area contributed by atoms with Gasteiger partial charge in [-0.1, -0.05) is 29.3 Å². The van der Waals surface area contributed by atoms with Gasteiger partial charge >= 0.3 is 0 Å². The fraction of sp³-hybridized carbons (Fsp3) is 0.600. The predicted molar refractivity (Wildman–Crippen MR) is 80.2 cm³/mol. The van der Waals surface area contributed by atoms with Gasteiger partial charge in [-0.15, -0.1) is 0 Å². The number of hydrogen-bond acceptors (Lipinski definition) is 3. The summed E-state index contributed by atoms with van der Waals surface area (Å²) in [7, 11) is 0. The van der Waals surface area contributed by atoms with Crippen molar-refractivity contribution in [2.24, 2.45) is 0 Å². The Morgan fingerprint density at radius 1 is 1.30 bits per heavy atom. The number of ether oxygens (including phenoxy) is 2. The van der Waals surface area contributed by atoms with Crippen LogP contribution >= 0.6 is 23.2 Å². The number of benzene rings is 1. The molecule has 1 aliphatic rings. The number of hydrogen-bond donors (Lipinski definition) is 1. The van der Waals surface area contributed by atoms with E-state index >= 15 is 0 Å². The Hall–Kier alpha value is -0.320. The molecule has 3 nitrogen and oxygen atoms in total. The van der Waals surface area contributed by atoms with E-state index in [0.717, 1.165) is 37.9 Å². The van der Waals surface area contributed by atoms with Crippen molar-refractivity contribution in [3.8, 4) is 0 Å². The summed E-state index contributed by atoms with van der Waals surface area (Å²) in [6.07, 6.45) is 4.25. The van der Waals surface area contributed by atoms with Crippen molar-refractivity contribution in [2.45, 2.75) is 44.5 Å². The highest BCUT2D eigenvalue weighted by Gasteiger charge is 2.21. The van der Waals surface area contributed by atoms with Crippen LogP contribution in [0.3, 0.4) is 0 Å². The normalized spacial score (nSPS) is 20.9. The van der Waals surface area contributed by atoms with Gasteiger partial charge < -0.3 is 14.6 Å². The lowest BCUT2D eigenvalue weighted by molar-refractivity contribution is -0.191. The van der Waals surface area contributed by atoms with Crippen LogP contribution in [0.25, 0.3) is 0 Å². The van der Waals surface area contributed by atoms with Crippen LogP contribution in [0.1, 0.15) is 43.8 Å². The number of aliphatic hydroxyl groups is 1. The van der Waals surface area contributed by atoms with E-state index in [1.807, 2.05) is 12.1 Å². The summed E-state index contributed by atoms with van der Waals surface area (Å²) >= 11 is 12.0. The molecule has 0 amide bonds. The monoisotopic (exact) mass is 318 g/mol. The van der Waals surface area contributed by atoms with Crippen LogP contribution in [0.4, 0.5) is 0 Å². The highest BCUT2D eigenvalue weighted by atomic mass is 35.5. The molecule has 20 heavy (non-hydrogen) atoms. The largest absolute Gasteiger partial charge is 0.396 e. The van der Waals surface area contributed by atoms with Crippen LogP contribution in [-0.4, -0.2) is 24.6 Å². The quantitative estimate of drug-likeness (QED) is 0.847. The van der Waals surface area contributed by atoms with Crippen molar-refractivity contribution in [1.29, 1.82) is 0 Å². The highest BCUT2D eigenvalue weighted by molar-refractivity contribution is 6.42. The minimum absolute atomic E-state index is 0.125. The first kappa shape index (κ1) is 16.1. The smallest absolute Gasteiger partial charge is 0.158 e. The van der Waals surface area contributed by atoms with Crippen molar-refractivity contribution in [3.05, 3.63) is 33.8 Å². The molecule has 1 fully saturated rings. The van der Waals surface area contributed by atoms with Gasteiger partial charge in [-0.05, 0) is 49.8 Å². The zero-order valence-corrected chi connectivity index (χ0v) is 12.9. The van der Waals surface area contributed by atoms with Gasteiger partial charge in [0.25, 0.3) is 0 Å². The molecule has 2 rings (SSSR count). The molecule has 5 heteroatoms. The van der Waals surface area contributed by atoms with Crippen molar-refractivity contribution < 1.29 is 14.6 Å². The molecule has 1 aliphatic heterocycles. The molecule has 1 heterocycles. The fourth-order valence-electron chi connectivity index (χ4n) is 2.30. The van der Waals surface area contributed by atoms with Gasteiger partial charge in [0, 0.05) is 13.2 Å². The molecular formula is C15H20Cl2O3. The number of rotatable bonds is 6. The van der Waals surface area contributed by atoms with E-state index in [1.54, 1.807) is 6.07 Å². The second kappa shape index (κ2) is 8.20. The van der Waals surface area contributed by atoms with Crippen molar-refractivity contribution in [2.75, 3.05) is 13.2 Å². The van der Waals surface area contributed by atoms with Gasteiger partial charge in [-0.2, -0.15) is 0 Å². The third kappa shape index (κ3) is 4.61. The van der Waals surface area contributed by atoms with Gasteiger partial charge in [-0.25, -0.2) is 0 Å². The zero-order chi connectivity index (χ0) is 14.4. The fourth-order valence-corrected chi connectivity index (χ4v) is 2.61. The summed E-state index contributed by atoms with van der Waals surface area (Å²) in [6.45, 7) is 0.894. The summed E-state index contributed by atoms with van der Waals surface area (Å²) in [6, 6.07) is 5.52. The molecule has 0 radical (unpaired) electrons. The molecule has 1 aromatic carbocycles. The van der Waals surface area contributed by atoms with Crippen LogP contribution in [-0.2, 0) is 9.47 Å². The third-order valence-electron chi connectivity index (χ3n) is 3.39. The highest BCUT2D eigenvalue weighted by Crippen LogP contribution is 2.31. The maximum absolute atomic E-state index is 9.03. The van der Waals surface area contributed by atoms with Gasteiger partial charge in [0.15, 0.2) is 6.29 Å². The van der Waals surface area contributed by atoms with Gasteiger partial charge in [0.05, 0.1) is 16.1 Å².